The highest BCUT2D eigenvalue weighted by Crippen LogP contribution is 2.31. The molecule has 0 radical (unpaired) electrons. The molecule has 6 heteroatoms. The Bertz CT molecular complexity index is 668. The van der Waals surface area contributed by atoms with Crippen molar-refractivity contribution in [1.29, 1.82) is 0 Å². The highest BCUT2D eigenvalue weighted by molar-refractivity contribution is 5.22. The van der Waals surface area contributed by atoms with Crippen LogP contribution in [0.1, 0.15) is 30.5 Å². The fraction of sp³-hybridized carbons (Fsp3) is 0.750. The second kappa shape index (κ2) is 8.21. The van der Waals surface area contributed by atoms with E-state index >= 15 is 0 Å². The normalized spacial score (nSPS) is 26.1. The topological polar surface area (TPSA) is 49.7 Å². The molecule has 0 amide bonds. The van der Waals surface area contributed by atoms with Gasteiger partial charge in [0.15, 0.2) is 0 Å². The Morgan fingerprint density at radius 3 is 2.92 bits per heavy atom. The van der Waals surface area contributed by atoms with E-state index in [-0.39, 0.29) is 5.56 Å². The van der Waals surface area contributed by atoms with Crippen LogP contribution in [0.2, 0.25) is 0 Å². The minimum Gasteiger partial charge on any atom is -0.379 e. The van der Waals surface area contributed by atoms with Crippen molar-refractivity contribution in [3.63, 3.8) is 0 Å². The Morgan fingerprint density at radius 1 is 1.27 bits per heavy atom. The van der Waals surface area contributed by atoms with Crippen LogP contribution < -0.4 is 10.9 Å². The molecule has 4 heterocycles. The zero-order valence-electron chi connectivity index (χ0n) is 16.0. The minimum atomic E-state index is 0.240. The number of rotatable bonds is 6. The zero-order valence-corrected chi connectivity index (χ0v) is 16.0. The molecule has 0 aromatic carbocycles. The number of hydrogen-bond donors (Lipinski definition) is 1. The molecule has 26 heavy (non-hydrogen) atoms. The maximum atomic E-state index is 13.1. The molecular formula is C20H32N4O2. The van der Waals surface area contributed by atoms with Crippen LogP contribution in [0.3, 0.4) is 0 Å². The molecule has 0 saturated carbocycles. The lowest BCUT2D eigenvalue weighted by atomic mass is 9.84. The number of pyridine rings is 1. The molecule has 0 spiro atoms. The lowest BCUT2D eigenvalue weighted by molar-refractivity contribution is 0.0332. The van der Waals surface area contributed by atoms with Gasteiger partial charge < -0.3 is 14.6 Å². The van der Waals surface area contributed by atoms with Gasteiger partial charge in [0.1, 0.15) is 0 Å². The van der Waals surface area contributed by atoms with E-state index in [2.05, 4.69) is 38.7 Å². The fourth-order valence-electron chi connectivity index (χ4n) is 4.65. The van der Waals surface area contributed by atoms with Crippen LogP contribution in [-0.2, 0) is 17.8 Å². The molecule has 4 rings (SSSR count). The van der Waals surface area contributed by atoms with Gasteiger partial charge in [-0.3, -0.25) is 14.6 Å². The molecule has 6 nitrogen and oxygen atoms in total. The third-order valence-electron chi connectivity index (χ3n) is 6.26. The maximum absolute atomic E-state index is 13.1. The average Bonchev–Trinajstić information content (AvgIpc) is 2.68. The fourth-order valence-corrected chi connectivity index (χ4v) is 4.65. The second-order valence-corrected chi connectivity index (χ2v) is 7.98. The van der Waals surface area contributed by atoms with Crippen LogP contribution in [-0.4, -0.2) is 73.4 Å². The Morgan fingerprint density at radius 2 is 2.12 bits per heavy atom. The van der Waals surface area contributed by atoms with Gasteiger partial charge in [0.2, 0.25) is 0 Å². The van der Waals surface area contributed by atoms with Crippen molar-refractivity contribution in [2.45, 2.75) is 32.4 Å². The lowest BCUT2D eigenvalue weighted by Gasteiger charge is -2.37. The van der Waals surface area contributed by atoms with E-state index in [1.54, 1.807) is 0 Å². The maximum Gasteiger partial charge on any atom is 0.255 e. The summed E-state index contributed by atoms with van der Waals surface area (Å²) in [5.74, 6) is 1.12. The van der Waals surface area contributed by atoms with Crippen molar-refractivity contribution in [1.82, 2.24) is 19.7 Å². The number of aromatic nitrogens is 1. The molecule has 2 atom stereocenters. The molecule has 1 N–H and O–H groups in total. The molecule has 144 valence electrons. The predicted octanol–water partition coefficient (Wildman–Crippen LogP) is 0.709. The number of piperidine rings is 1. The summed E-state index contributed by atoms with van der Waals surface area (Å²) in [6.07, 6.45) is 1.23. The van der Waals surface area contributed by atoms with E-state index in [4.69, 9.17) is 4.74 Å². The van der Waals surface area contributed by atoms with Gasteiger partial charge in [0.05, 0.1) is 13.2 Å². The van der Waals surface area contributed by atoms with Crippen molar-refractivity contribution < 1.29 is 4.74 Å². The molecule has 2 fully saturated rings. The molecular weight excluding hydrogens is 328 g/mol. The molecule has 2 saturated heterocycles. The molecule has 0 unspecified atom stereocenters. The summed E-state index contributed by atoms with van der Waals surface area (Å²) < 4.78 is 7.50. The highest BCUT2D eigenvalue weighted by Gasteiger charge is 2.31. The summed E-state index contributed by atoms with van der Waals surface area (Å²) in [7, 11) is 0. The first-order valence-corrected chi connectivity index (χ1v) is 10.2. The molecule has 3 aliphatic heterocycles. The number of morpholine rings is 1. The van der Waals surface area contributed by atoms with Crippen molar-refractivity contribution in [2.75, 3.05) is 59.0 Å². The number of fused-ring (bicyclic) bond motifs is 4. The summed E-state index contributed by atoms with van der Waals surface area (Å²) in [5.41, 5.74) is 2.42. The largest absolute Gasteiger partial charge is 0.379 e. The summed E-state index contributed by atoms with van der Waals surface area (Å²) in [6, 6.07) is 4.29. The highest BCUT2D eigenvalue weighted by atomic mass is 16.5. The molecule has 1 aromatic rings. The van der Waals surface area contributed by atoms with E-state index in [9.17, 15) is 4.79 Å². The number of likely N-dealkylation sites (N-methyl/N-ethyl adjacent to an activating group) is 1. The number of nitrogens with zero attached hydrogens (tertiary/aromatic N) is 3. The van der Waals surface area contributed by atoms with Gasteiger partial charge in [-0.2, -0.15) is 0 Å². The lowest BCUT2D eigenvalue weighted by Crippen LogP contribution is -2.46. The van der Waals surface area contributed by atoms with Gasteiger partial charge in [0, 0.05) is 63.0 Å². The summed E-state index contributed by atoms with van der Waals surface area (Å²) in [6.45, 7) is 12.6. The number of hydrogen-bond acceptors (Lipinski definition) is 5. The quantitative estimate of drug-likeness (QED) is 0.810. The third-order valence-corrected chi connectivity index (χ3v) is 6.26. The van der Waals surface area contributed by atoms with E-state index < -0.39 is 0 Å². The first kappa shape index (κ1) is 18.2. The van der Waals surface area contributed by atoms with Gasteiger partial charge in [-0.05, 0) is 31.5 Å². The molecule has 3 aliphatic rings. The summed E-state index contributed by atoms with van der Waals surface area (Å²) in [5, 5.41) is 3.51. The van der Waals surface area contributed by atoms with Gasteiger partial charge >= 0.3 is 0 Å². The van der Waals surface area contributed by atoms with Crippen LogP contribution in [0.4, 0.5) is 0 Å². The number of nitrogens with one attached hydrogen (secondary N) is 1. The van der Waals surface area contributed by atoms with Crippen LogP contribution in [0.15, 0.2) is 16.9 Å². The van der Waals surface area contributed by atoms with Crippen molar-refractivity contribution in [3.8, 4) is 0 Å². The van der Waals surface area contributed by atoms with Crippen LogP contribution in [0.5, 0.6) is 0 Å². The average molecular weight is 361 g/mol. The number of ether oxygens (including phenoxy) is 1. The Kier molecular flexibility index (Phi) is 5.74. The van der Waals surface area contributed by atoms with E-state index in [0.29, 0.717) is 11.8 Å². The zero-order chi connectivity index (χ0) is 17.9. The van der Waals surface area contributed by atoms with Gasteiger partial charge in [-0.15, -0.1) is 0 Å². The van der Waals surface area contributed by atoms with Crippen LogP contribution >= 0.6 is 0 Å². The second-order valence-electron chi connectivity index (χ2n) is 7.98. The smallest absolute Gasteiger partial charge is 0.255 e. The first-order valence-electron chi connectivity index (χ1n) is 10.2. The Balaban J connectivity index is 1.43. The van der Waals surface area contributed by atoms with Gasteiger partial charge in [0.25, 0.3) is 5.56 Å². The van der Waals surface area contributed by atoms with Gasteiger partial charge in [-0.25, -0.2) is 0 Å². The van der Waals surface area contributed by atoms with Crippen molar-refractivity contribution in [2.24, 2.45) is 5.92 Å². The first-order chi connectivity index (χ1) is 12.7. The van der Waals surface area contributed by atoms with E-state index in [0.717, 1.165) is 77.7 Å². The summed E-state index contributed by atoms with van der Waals surface area (Å²) >= 11 is 0. The summed E-state index contributed by atoms with van der Waals surface area (Å²) in [4.78, 5) is 17.9. The van der Waals surface area contributed by atoms with E-state index in [1.807, 2.05) is 0 Å². The van der Waals surface area contributed by atoms with Crippen molar-refractivity contribution in [3.05, 3.63) is 33.7 Å². The Labute approximate surface area is 156 Å². The Hall–Kier alpha value is -1.21. The third kappa shape index (κ3) is 3.88. The standard InChI is InChI=1S/C20H32N4O2/c1-2-22(5-6-23-7-9-26-10-8-23)15-17-3-4-19-18-11-16(12-21-13-18)14-24(19)20(17)25/h3-4,16,18,21H,2,5-15H2,1H3/t16-,18+/m0/s1. The van der Waals surface area contributed by atoms with Crippen molar-refractivity contribution >= 4 is 0 Å². The van der Waals surface area contributed by atoms with Crippen LogP contribution in [0, 0.1) is 5.92 Å². The SMILES string of the molecule is CCN(CCN1CCOCC1)Cc1ccc2n(c1=O)C[C@@H]1CNC[C@H]2C1. The molecule has 1 aromatic heterocycles. The predicted molar refractivity (Wildman–Crippen MR) is 103 cm³/mol. The van der Waals surface area contributed by atoms with Gasteiger partial charge in [-0.1, -0.05) is 13.0 Å². The van der Waals surface area contributed by atoms with E-state index in [1.165, 1.54) is 12.1 Å². The van der Waals surface area contributed by atoms with Crippen LogP contribution in [0.25, 0.3) is 0 Å². The minimum absolute atomic E-state index is 0.240. The molecule has 2 bridgehead atoms. The monoisotopic (exact) mass is 360 g/mol. The molecule has 0 aliphatic carbocycles.